The fraction of sp³-hybridized carbons (Fsp3) is 0.273. The highest BCUT2D eigenvalue weighted by molar-refractivity contribution is 8.00. The first-order valence-corrected chi connectivity index (χ1v) is 10.7. The molecule has 0 saturated carbocycles. The number of aryl methyl sites for hydroxylation is 1. The van der Waals surface area contributed by atoms with Crippen molar-refractivity contribution < 1.29 is 14.3 Å². The van der Waals surface area contributed by atoms with Gasteiger partial charge in [0.2, 0.25) is 5.91 Å². The molecule has 1 aromatic heterocycles. The predicted octanol–water partition coefficient (Wildman–Crippen LogP) is 5.12. The number of carbonyl (C=O) groups excluding carboxylic acids is 1. The number of para-hydroxylation sites is 1. The molecule has 7 heteroatoms. The van der Waals surface area contributed by atoms with Crippen LogP contribution >= 0.6 is 23.4 Å². The van der Waals surface area contributed by atoms with Crippen molar-refractivity contribution in [3.8, 4) is 11.5 Å². The van der Waals surface area contributed by atoms with Crippen LogP contribution in [0.15, 0.2) is 41.3 Å². The lowest BCUT2D eigenvalue weighted by Gasteiger charge is -2.14. The van der Waals surface area contributed by atoms with Crippen molar-refractivity contribution in [2.45, 2.75) is 24.2 Å². The van der Waals surface area contributed by atoms with Crippen LogP contribution in [-0.4, -0.2) is 30.9 Å². The van der Waals surface area contributed by atoms with Crippen molar-refractivity contribution in [2.75, 3.05) is 25.3 Å². The fourth-order valence-corrected chi connectivity index (χ4v) is 4.92. The van der Waals surface area contributed by atoms with Crippen LogP contribution in [0.5, 0.6) is 11.5 Å². The number of carbonyl (C=O) groups is 1. The van der Waals surface area contributed by atoms with Crippen LogP contribution in [0.2, 0.25) is 5.02 Å². The molecule has 3 aromatic rings. The summed E-state index contributed by atoms with van der Waals surface area (Å²) in [6.45, 7) is 0. The molecule has 1 N–H and O–H groups in total. The third-order valence-electron chi connectivity index (χ3n) is 4.96. The number of ether oxygens (including phenoxy) is 2. The van der Waals surface area contributed by atoms with Gasteiger partial charge in [0, 0.05) is 22.0 Å². The number of anilines is 1. The highest BCUT2D eigenvalue weighted by atomic mass is 35.5. The van der Waals surface area contributed by atoms with Gasteiger partial charge in [-0.1, -0.05) is 29.8 Å². The van der Waals surface area contributed by atoms with Crippen molar-refractivity contribution in [1.29, 1.82) is 0 Å². The number of halogens is 1. The zero-order valence-corrected chi connectivity index (χ0v) is 17.8. The van der Waals surface area contributed by atoms with Gasteiger partial charge in [0.1, 0.15) is 11.5 Å². The van der Waals surface area contributed by atoms with E-state index < -0.39 is 0 Å². The number of fused-ring (bicyclic) bond motifs is 2. The van der Waals surface area contributed by atoms with E-state index in [0.717, 1.165) is 40.8 Å². The van der Waals surface area contributed by atoms with Crippen LogP contribution in [0.3, 0.4) is 0 Å². The van der Waals surface area contributed by atoms with Gasteiger partial charge >= 0.3 is 0 Å². The Hall–Kier alpha value is -2.44. The lowest BCUT2D eigenvalue weighted by Crippen LogP contribution is -2.15. The molecule has 1 aliphatic rings. The third kappa shape index (κ3) is 4.00. The summed E-state index contributed by atoms with van der Waals surface area (Å²) >= 11 is 7.76. The number of aromatic nitrogens is 1. The Kier molecular flexibility index (Phi) is 5.83. The summed E-state index contributed by atoms with van der Waals surface area (Å²) in [6, 6.07) is 11.4. The van der Waals surface area contributed by atoms with E-state index in [1.807, 2.05) is 18.2 Å². The highest BCUT2D eigenvalue weighted by Gasteiger charge is 2.21. The Morgan fingerprint density at radius 1 is 1.17 bits per heavy atom. The zero-order chi connectivity index (χ0) is 20.4. The van der Waals surface area contributed by atoms with Gasteiger partial charge in [0.25, 0.3) is 0 Å². The number of hydrogen-bond acceptors (Lipinski definition) is 5. The van der Waals surface area contributed by atoms with Gasteiger partial charge in [0.15, 0.2) is 0 Å². The predicted molar refractivity (Wildman–Crippen MR) is 118 cm³/mol. The molecule has 0 atom stereocenters. The first kappa shape index (κ1) is 19.9. The largest absolute Gasteiger partial charge is 0.495 e. The Morgan fingerprint density at radius 3 is 2.76 bits per heavy atom. The number of amides is 1. The van der Waals surface area contributed by atoms with Crippen molar-refractivity contribution in [1.82, 2.24) is 4.98 Å². The molecule has 0 saturated heterocycles. The van der Waals surface area contributed by atoms with Crippen molar-refractivity contribution >= 4 is 45.9 Å². The SMILES string of the molecule is COc1cc(OC)c(NC(=O)CSc2c3c(nc4ccccc24)CCC3)cc1Cl. The first-order chi connectivity index (χ1) is 14.1. The maximum Gasteiger partial charge on any atom is 0.234 e. The van der Waals surface area contributed by atoms with Crippen molar-refractivity contribution in [3.63, 3.8) is 0 Å². The van der Waals surface area contributed by atoms with Gasteiger partial charge < -0.3 is 14.8 Å². The van der Waals surface area contributed by atoms with Gasteiger partial charge in [-0.3, -0.25) is 9.78 Å². The molecule has 0 radical (unpaired) electrons. The second-order valence-electron chi connectivity index (χ2n) is 6.76. The molecule has 1 heterocycles. The van der Waals surface area contributed by atoms with Gasteiger partial charge in [-0.25, -0.2) is 0 Å². The summed E-state index contributed by atoms with van der Waals surface area (Å²) in [4.78, 5) is 18.6. The normalized spacial score (nSPS) is 12.7. The van der Waals surface area contributed by atoms with Gasteiger partial charge in [-0.2, -0.15) is 0 Å². The number of methoxy groups -OCH3 is 2. The number of benzene rings is 2. The average Bonchev–Trinajstić information content (AvgIpc) is 3.19. The van der Waals surface area contributed by atoms with Crippen molar-refractivity contribution in [3.05, 3.63) is 52.7 Å². The number of pyridine rings is 1. The molecule has 1 amide bonds. The maximum absolute atomic E-state index is 12.7. The van der Waals surface area contributed by atoms with Gasteiger partial charge in [0.05, 0.1) is 36.2 Å². The molecule has 150 valence electrons. The van der Waals surface area contributed by atoms with E-state index in [9.17, 15) is 4.79 Å². The van der Waals surface area contributed by atoms with E-state index in [0.29, 0.717) is 22.2 Å². The summed E-state index contributed by atoms with van der Waals surface area (Å²) < 4.78 is 10.6. The van der Waals surface area contributed by atoms with Gasteiger partial charge in [-0.05, 0) is 37.0 Å². The van der Waals surface area contributed by atoms with E-state index in [1.54, 1.807) is 31.0 Å². The summed E-state index contributed by atoms with van der Waals surface area (Å²) in [5, 5.41) is 4.42. The van der Waals surface area contributed by atoms with E-state index in [1.165, 1.54) is 12.7 Å². The zero-order valence-electron chi connectivity index (χ0n) is 16.3. The van der Waals surface area contributed by atoms with E-state index in [-0.39, 0.29) is 11.7 Å². The Labute approximate surface area is 178 Å². The van der Waals surface area contributed by atoms with Crippen LogP contribution < -0.4 is 14.8 Å². The summed E-state index contributed by atoms with van der Waals surface area (Å²) in [7, 11) is 3.08. The molecule has 29 heavy (non-hydrogen) atoms. The number of thioether (sulfide) groups is 1. The van der Waals surface area contributed by atoms with E-state index >= 15 is 0 Å². The Morgan fingerprint density at radius 2 is 1.97 bits per heavy atom. The summed E-state index contributed by atoms with van der Waals surface area (Å²) in [5.41, 5.74) is 3.95. The molecule has 1 aliphatic carbocycles. The minimum atomic E-state index is -0.123. The second kappa shape index (κ2) is 8.51. The number of hydrogen-bond donors (Lipinski definition) is 1. The number of nitrogens with one attached hydrogen (secondary N) is 1. The molecular formula is C22H21ClN2O3S. The summed E-state index contributed by atoms with van der Waals surface area (Å²) in [6.07, 6.45) is 3.13. The van der Waals surface area contributed by atoms with Crippen molar-refractivity contribution in [2.24, 2.45) is 0 Å². The molecule has 4 rings (SSSR count). The number of rotatable bonds is 6. The quantitative estimate of drug-likeness (QED) is 0.552. The van der Waals surface area contributed by atoms with Crippen LogP contribution in [0.4, 0.5) is 5.69 Å². The maximum atomic E-state index is 12.7. The molecule has 0 spiro atoms. The van der Waals surface area contributed by atoms with E-state index in [2.05, 4.69) is 11.4 Å². The lowest BCUT2D eigenvalue weighted by molar-refractivity contribution is -0.113. The second-order valence-corrected chi connectivity index (χ2v) is 8.15. The molecule has 0 fully saturated rings. The molecule has 0 bridgehead atoms. The monoisotopic (exact) mass is 428 g/mol. The molecule has 0 aliphatic heterocycles. The molecular weight excluding hydrogens is 408 g/mol. The average molecular weight is 429 g/mol. The smallest absolute Gasteiger partial charge is 0.234 e. The standard InChI is InChI=1S/C22H21ClN2O3S/c1-27-19-11-20(28-2)18(10-15(19)23)25-21(26)12-29-22-13-6-3-4-8-16(13)24-17-9-5-7-14(17)22/h3-4,6,8,10-11H,5,7,9,12H2,1-2H3,(H,25,26). The molecule has 0 unspecified atom stereocenters. The summed E-state index contributed by atoms with van der Waals surface area (Å²) in [5.74, 6) is 1.16. The first-order valence-electron chi connectivity index (χ1n) is 9.35. The fourth-order valence-electron chi connectivity index (χ4n) is 3.61. The minimum Gasteiger partial charge on any atom is -0.495 e. The van der Waals surface area contributed by atoms with Crippen LogP contribution in [-0.2, 0) is 17.6 Å². The topological polar surface area (TPSA) is 60.5 Å². The van der Waals surface area contributed by atoms with Crippen LogP contribution in [0, 0.1) is 0 Å². The lowest BCUT2D eigenvalue weighted by atomic mass is 10.1. The van der Waals surface area contributed by atoms with E-state index in [4.69, 9.17) is 26.1 Å². The Bertz CT molecular complexity index is 1090. The Balaban J connectivity index is 1.55. The van der Waals surface area contributed by atoms with Crippen LogP contribution in [0.1, 0.15) is 17.7 Å². The van der Waals surface area contributed by atoms with Crippen LogP contribution in [0.25, 0.3) is 10.9 Å². The molecule has 2 aromatic carbocycles. The van der Waals surface area contributed by atoms with Gasteiger partial charge in [-0.15, -0.1) is 11.8 Å². The minimum absolute atomic E-state index is 0.123. The number of nitrogens with zero attached hydrogens (tertiary/aromatic N) is 1. The third-order valence-corrected chi connectivity index (χ3v) is 6.42. The highest BCUT2D eigenvalue weighted by Crippen LogP contribution is 2.38. The molecule has 5 nitrogen and oxygen atoms in total.